The summed E-state index contributed by atoms with van der Waals surface area (Å²) in [5.74, 6) is -2.25. The molecule has 0 spiro atoms. The maximum absolute atomic E-state index is 13.0. The molecule has 0 aliphatic heterocycles. The molecule has 4 aromatic rings. The summed E-state index contributed by atoms with van der Waals surface area (Å²) < 4.78 is 5.25. The second kappa shape index (κ2) is 10.9. The van der Waals surface area contributed by atoms with E-state index < -0.39 is 23.4 Å². The Balaban J connectivity index is 1.56. The summed E-state index contributed by atoms with van der Waals surface area (Å²) in [6.45, 7) is 3.90. The Kier molecular flexibility index (Phi) is 7.51. The molecule has 0 unspecified atom stereocenters. The number of hydrogen-bond donors (Lipinski definition) is 1. The van der Waals surface area contributed by atoms with Gasteiger partial charge < -0.3 is 10.1 Å². The maximum atomic E-state index is 13.0. The molecule has 0 saturated carbocycles. The molecule has 0 radical (unpaired) electrons. The third-order valence-corrected chi connectivity index (χ3v) is 6.41. The first-order valence-corrected chi connectivity index (χ1v) is 12.2. The lowest BCUT2D eigenvalue weighted by atomic mass is 10.0. The van der Waals surface area contributed by atoms with Gasteiger partial charge in [0, 0.05) is 27.6 Å². The van der Waals surface area contributed by atoms with E-state index in [1.54, 1.807) is 37.3 Å². The molecule has 0 aliphatic rings. The van der Waals surface area contributed by atoms with Crippen LogP contribution in [0.4, 0.5) is 5.00 Å². The fourth-order valence-corrected chi connectivity index (χ4v) is 4.55. The van der Waals surface area contributed by atoms with Crippen LogP contribution in [0, 0.1) is 6.92 Å². The number of benzene rings is 3. The van der Waals surface area contributed by atoms with Gasteiger partial charge in [0.2, 0.25) is 11.6 Å². The molecule has 0 bridgehead atoms. The van der Waals surface area contributed by atoms with Gasteiger partial charge in [0.05, 0.1) is 6.61 Å². The van der Waals surface area contributed by atoms with E-state index in [9.17, 15) is 19.2 Å². The Morgan fingerprint density at radius 1 is 0.778 bits per heavy atom. The number of ketones is 2. The number of carbonyl (C=O) groups excluding carboxylic acids is 4. The standard InChI is InChI=1S/C29H23NO5S/c1-3-35-29(34)24-23(19-11-9-18(2)10-12-19)17-36-28(24)30-27(33)22-15-13-21(14-16-22)26(32)25(31)20-7-5-4-6-8-20/h4-17H,3H2,1-2H3,(H,30,33). The zero-order valence-electron chi connectivity index (χ0n) is 19.7. The van der Waals surface area contributed by atoms with Gasteiger partial charge in [-0.05, 0) is 31.5 Å². The van der Waals surface area contributed by atoms with E-state index in [1.807, 2.05) is 36.6 Å². The Hall–Kier alpha value is -4.36. The number of hydrogen-bond acceptors (Lipinski definition) is 6. The van der Waals surface area contributed by atoms with Gasteiger partial charge in [0.1, 0.15) is 10.6 Å². The summed E-state index contributed by atoms with van der Waals surface area (Å²) >= 11 is 1.23. The summed E-state index contributed by atoms with van der Waals surface area (Å²) in [5.41, 5.74) is 3.66. The van der Waals surface area contributed by atoms with Gasteiger partial charge in [0.15, 0.2) is 0 Å². The second-order valence-corrected chi connectivity index (χ2v) is 8.88. The fourth-order valence-electron chi connectivity index (χ4n) is 3.60. The molecule has 0 atom stereocenters. The molecule has 0 fully saturated rings. The molecular weight excluding hydrogens is 474 g/mol. The number of carbonyl (C=O) groups is 4. The number of Topliss-reactive ketones (excluding diaryl/α,β-unsaturated/α-hetero) is 2. The van der Waals surface area contributed by atoms with E-state index in [2.05, 4.69) is 5.32 Å². The monoisotopic (exact) mass is 497 g/mol. The van der Waals surface area contributed by atoms with E-state index in [4.69, 9.17) is 4.74 Å². The van der Waals surface area contributed by atoms with Crippen LogP contribution in [0.15, 0.2) is 84.2 Å². The van der Waals surface area contributed by atoms with Crippen LogP contribution in [0.2, 0.25) is 0 Å². The van der Waals surface area contributed by atoms with Crippen LogP contribution >= 0.6 is 11.3 Å². The van der Waals surface area contributed by atoms with Crippen molar-refractivity contribution in [2.75, 3.05) is 11.9 Å². The number of nitrogens with one attached hydrogen (secondary N) is 1. The first-order valence-electron chi connectivity index (χ1n) is 11.3. The van der Waals surface area contributed by atoms with Gasteiger partial charge in [-0.15, -0.1) is 11.3 Å². The van der Waals surface area contributed by atoms with Crippen LogP contribution in [0.3, 0.4) is 0 Å². The third-order valence-electron chi connectivity index (χ3n) is 5.51. The molecule has 0 saturated heterocycles. The summed E-state index contributed by atoms with van der Waals surface area (Å²) in [6, 6.07) is 21.9. The lowest BCUT2D eigenvalue weighted by Crippen LogP contribution is -2.16. The third kappa shape index (κ3) is 5.31. The number of aryl methyl sites for hydroxylation is 1. The first-order chi connectivity index (χ1) is 17.4. The lowest BCUT2D eigenvalue weighted by molar-refractivity contribution is 0.0529. The highest BCUT2D eigenvalue weighted by molar-refractivity contribution is 7.15. The summed E-state index contributed by atoms with van der Waals surface area (Å²) in [7, 11) is 0. The number of esters is 1. The molecule has 7 heteroatoms. The molecule has 0 aliphatic carbocycles. The predicted molar refractivity (Wildman–Crippen MR) is 140 cm³/mol. The summed E-state index contributed by atoms with van der Waals surface area (Å²) in [4.78, 5) is 50.7. The van der Waals surface area contributed by atoms with Crippen molar-refractivity contribution in [3.63, 3.8) is 0 Å². The van der Waals surface area contributed by atoms with Crippen molar-refractivity contribution in [3.8, 4) is 11.1 Å². The zero-order chi connectivity index (χ0) is 25.7. The van der Waals surface area contributed by atoms with Crippen molar-refractivity contribution in [3.05, 3.63) is 112 Å². The average Bonchev–Trinajstić information content (AvgIpc) is 3.32. The molecule has 1 amide bonds. The molecule has 36 heavy (non-hydrogen) atoms. The smallest absolute Gasteiger partial charge is 0.341 e. The van der Waals surface area contributed by atoms with Gasteiger partial charge in [-0.25, -0.2) is 4.79 Å². The van der Waals surface area contributed by atoms with Crippen molar-refractivity contribution in [2.45, 2.75) is 13.8 Å². The average molecular weight is 498 g/mol. The largest absolute Gasteiger partial charge is 0.462 e. The van der Waals surface area contributed by atoms with Crippen LogP contribution in [0.5, 0.6) is 0 Å². The molecule has 1 N–H and O–H groups in total. The van der Waals surface area contributed by atoms with Crippen LogP contribution in [-0.4, -0.2) is 30.0 Å². The van der Waals surface area contributed by atoms with Gasteiger partial charge in [0.25, 0.3) is 5.91 Å². The number of thiophene rings is 1. The van der Waals surface area contributed by atoms with Crippen molar-refractivity contribution in [2.24, 2.45) is 0 Å². The minimum Gasteiger partial charge on any atom is -0.462 e. The number of rotatable bonds is 8. The van der Waals surface area contributed by atoms with Crippen molar-refractivity contribution >= 4 is 39.8 Å². The van der Waals surface area contributed by atoms with Gasteiger partial charge in [-0.1, -0.05) is 72.3 Å². The SMILES string of the molecule is CCOC(=O)c1c(-c2ccc(C)cc2)csc1NC(=O)c1ccc(C(=O)C(=O)c2ccccc2)cc1. The Morgan fingerprint density at radius 2 is 1.36 bits per heavy atom. The van der Waals surface area contributed by atoms with Crippen molar-refractivity contribution < 1.29 is 23.9 Å². The quantitative estimate of drug-likeness (QED) is 0.177. The van der Waals surface area contributed by atoms with Crippen LogP contribution in [0.1, 0.15) is 53.9 Å². The van der Waals surface area contributed by atoms with E-state index in [0.717, 1.165) is 11.1 Å². The van der Waals surface area contributed by atoms with Crippen LogP contribution in [-0.2, 0) is 4.74 Å². The highest BCUT2D eigenvalue weighted by Gasteiger charge is 2.24. The second-order valence-electron chi connectivity index (χ2n) is 8.00. The molecule has 6 nitrogen and oxygen atoms in total. The maximum Gasteiger partial charge on any atom is 0.341 e. The minimum atomic E-state index is -0.654. The van der Waals surface area contributed by atoms with Crippen molar-refractivity contribution in [1.29, 1.82) is 0 Å². The highest BCUT2D eigenvalue weighted by Crippen LogP contribution is 2.36. The fraction of sp³-hybridized carbons (Fsp3) is 0.103. The molecular formula is C29H23NO5S. The van der Waals surface area contributed by atoms with E-state index in [-0.39, 0.29) is 17.7 Å². The molecule has 1 aromatic heterocycles. The van der Waals surface area contributed by atoms with Gasteiger partial charge in [-0.2, -0.15) is 0 Å². The minimum absolute atomic E-state index is 0.186. The summed E-state index contributed by atoms with van der Waals surface area (Å²) in [6.07, 6.45) is 0. The molecule has 4 rings (SSSR count). The van der Waals surface area contributed by atoms with E-state index >= 15 is 0 Å². The van der Waals surface area contributed by atoms with Gasteiger partial charge in [-0.3, -0.25) is 14.4 Å². The van der Waals surface area contributed by atoms with Crippen molar-refractivity contribution in [1.82, 2.24) is 0 Å². The lowest BCUT2D eigenvalue weighted by Gasteiger charge is -2.09. The summed E-state index contributed by atoms with van der Waals surface area (Å²) in [5, 5.41) is 4.97. The van der Waals surface area contributed by atoms with Crippen LogP contribution < -0.4 is 5.32 Å². The predicted octanol–water partition coefficient (Wildman–Crippen LogP) is 6.22. The number of amides is 1. The van der Waals surface area contributed by atoms with E-state index in [0.29, 0.717) is 21.7 Å². The Bertz CT molecular complexity index is 1420. The molecule has 3 aromatic carbocycles. The van der Waals surface area contributed by atoms with E-state index in [1.165, 1.54) is 35.6 Å². The van der Waals surface area contributed by atoms with Gasteiger partial charge >= 0.3 is 5.97 Å². The Labute approximate surface area is 212 Å². The normalized spacial score (nSPS) is 10.5. The van der Waals surface area contributed by atoms with Crippen LogP contribution in [0.25, 0.3) is 11.1 Å². The topological polar surface area (TPSA) is 89.5 Å². The number of ether oxygens (including phenoxy) is 1. The molecule has 1 heterocycles. The Morgan fingerprint density at radius 3 is 1.97 bits per heavy atom. The zero-order valence-corrected chi connectivity index (χ0v) is 20.6. The molecule has 180 valence electrons. The highest BCUT2D eigenvalue weighted by atomic mass is 32.1. The number of anilines is 1. The first kappa shape index (κ1) is 24.8.